The van der Waals surface area contributed by atoms with Gasteiger partial charge in [-0.05, 0) is 31.2 Å². The lowest BCUT2D eigenvalue weighted by Gasteiger charge is -2.39. The van der Waals surface area contributed by atoms with Crippen LogP contribution >= 0.6 is 0 Å². The minimum absolute atomic E-state index is 0.259. The van der Waals surface area contributed by atoms with Crippen molar-refractivity contribution in [1.29, 1.82) is 0 Å². The zero-order chi connectivity index (χ0) is 14.7. The van der Waals surface area contributed by atoms with Gasteiger partial charge in [0.15, 0.2) is 0 Å². The smallest absolute Gasteiger partial charge is 0.103 e. The van der Waals surface area contributed by atoms with Gasteiger partial charge < -0.3 is 15.6 Å². The zero-order valence-corrected chi connectivity index (χ0v) is 12.6. The molecule has 3 N–H and O–H groups in total. The highest BCUT2D eigenvalue weighted by Gasteiger charge is 2.37. The topological polar surface area (TPSA) is 58.7 Å². The van der Waals surface area contributed by atoms with Gasteiger partial charge in [-0.25, -0.2) is 0 Å². The lowest BCUT2D eigenvalue weighted by Crippen LogP contribution is -2.50. The highest BCUT2D eigenvalue weighted by molar-refractivity contribution is 5.22. The summed E-state index contributed by atoms with van der Waals surface area (Å²) in [7, 11) is 0. The number of hydrogen-bond acceptors (Lipinski definition) is 4. The predicted molar refractivity (Wildman–Crippen MR) is 83.0 cm³/mol. The molecule has 4 nitrogen and oxygen atoms in total. The number of hydrogen-bond donors (Lipinski definition) is 2. The van der Waals surface area contributed by atoms with Crippen LogP contribution in [0.4, 0.5) is 0 Å². The summed E-state index contributed by atoms with van der Waals surface area (Å²) < 4.78 is 5.85. The molecular formula is C17H26N2O2. The van der Waals surface area contributed by atoms with Crippen LogP contribution in [0, 0.1) is 0 Å². The van der Waals surface area contributed by atoms with Crippen molar-refractivity contribution in [3.05, 3.63) is 35.9 Å². The van der Waals surface area contributed by atoms with Crippen molar-refractivity contribution in [1.82, 2.24) is 4.90 Å². The second-order valence-corrected chi connectivity index (χ2v) is 6.30. The molecule has 0 bridgehead atoms. The minimum Gasteiger partial charge on any atom is -0.384 e. The van der Waals surface area contributed by atoms with Crippen molar-refractivity contribution in [2.24, 2.45) is 5.73 Å². The van der Waals surface area contributed by atoms with E-state index < -0.39 is 5.60 Å². The van der Waals surface area contributed by atoms with Gasteiger partial charge in [-0.15, -0.1) is 0 Å². The van der Waals surface area contributed by atoms with Crippen LogP contribution in [0.1, 0.15) is 31.2 Å². The second kappa shape index (κ2) is 6.44. The maximum atomic E-state index is 10.9. The Morgan fingerprint density at radius 1 is 1.29 bits per heavy atom. The summed E-state index contributed by atoms with van der Waals surface area (Å²) in [5.41, 5.74) is 5.87. The number of aliphatic hydroxyl groups is 1. The van der Waals surface area contributed by atoms with Gasteiger partial charge in [0.05, 0.1) is 12.7 Å². The Labute approximate surface area is 126 Å². The Balaban J connectivity index is 1.65. The summed E-state index contributed by atoms with van der Waals surface area (Å²) in [4.78, 5) is 2.49. The fraction of sp³-hybridized carbons (Fsp3) is 0.647. The van der Waals surface area contributed by atoms with Gasteiger partial charge in [0.2, 0.25) is 0 Å². The van der Waals surface area contributed by atoms with Gasteiger partial charge in [0, 0.05) is 25.7 Å². The van der Waals surface area contributed by atoms with E-state index in [9.17, 15) is 5.11 Å². The standard InChI is InChI=1S/C17H26N2O2/c18-13-17(20,14-5-2-1-3-6-14)9-10-19-11-12-21-16-8-4-7-15(16)19/h1-3,5-6,15-16,20H,4,7-13,18H2. The van der Waals surface area contributed by atoms with Crippen molar-refractivity contribution in [3.63, 3.8) is 0 Å². The number of nitrogens with two attached hydrogens (primary N) is 1. The van der Waals surface area contributed by atoms with E-state index >= 15 is 0 Å². The van der Waals surface area contributed by atoms with Crippen molar-refractivity contribution >= 4 is 0 Å². The summed E-state index contributed by atoms with van der Waals surface area (Å²) in [5.74, 6) is 0. The fourth-order valence-electron chi connectivity index (χ4n) is 3.72. The van der Waals surface area contributed by atoms with Crippen LogP contribution < -0.4 is 5.73 Å². The third-order valence-corrected chi connectivity index (χ3v) is 5.06. The molecule has 4 heteroatoms. The van der Waals surface area contributed by atoms with E-state index in [-0.39, 0.29) is 6.54 Å². The van der Waals surface area contributed by atoms with Crippen molar-refractivity contribution in [3.8, 4) is 0 Å². The number of ether oxygens (including phenoxy) is 1. The maximum Gasteiger partial charge on any atom is 0.103 e. The molecule has 0 radical (unpaired) electrons. The Morgan fingerprint density at radius 2 is 2.10 bits per heavy atom. The summed E-state index contributed by atoms with van der Waals surface area (Å²) in [5, 5.41) is 10.9. The molecule has 2 fully saturated rings. The van der Waals surface area contributed by atoms with E-state index in [4.69, 9.17) is 10.5 Å². The van der Waals surface area contributed by atoms with Crippen molar-refractivity contribution in [2.75, 3.05) is 26.2 Å². The molecule has 3 rings (SSSR count). The molecule has 1 aromatic rings. The first kappa shape index (κ1) is 15.0. The predicted octanol–water partition coefficient (Wildman–Crippen LogP) is 1.48. The molecule has 21 heavy (non-hydrogen) atoms. The zero-order valence-electron chi connectivity index (χ0n) is 12.6. The summed E-state index contributed by atoms with van der Waals surface area (Å²) >= 11 is 0. The number of fused-ring (bicyclic) bond motifs is 1. The van der Waals surface area contributed by atoms with Crippen LogP contribution in [0.2, 0.25) is 0 Å². The highest BCUT2D eigenvalue weighted by Crippen LogP contribution is 2.31. The van der Waals surface area contributed by atoms with Crippen LogP contribution in [0.3, 0.4) is 0 Å². The van der Waals surface area contributed by atoms with Gasteiger partial charge in [-0.1, -0.05) is 30.3 Å². The quantitative estimate of drug-likeness (QED) is 0.862. The molecule has 116 valence electrons. The first-order valence-corrected chi connectivity index (χ1v) is 8.06. The van der Waals surface area contributed by atoms with Gasteiger partial charge in [0.25, 0.3) is 0 Å². The van der Waals surface area contributed by atoms with Crippen LogP contribution in [0.25, 0.3) is 0 Å². The third kappa shape index (κ3) is 3.14. The average molecular weight is 290 g/mol. The molecule has 1 aliphatic heterocycles. The summed E-state index contributed by atoms with van der Waals surface area (Å²) in [6.07, 6.45) is 4.74. The third-order valence-electron chi connectivity index (χ3n) is 5.06. The van der Waals surface area contributed by atoms with E-state index in [1.165, 1.54) is 19.3 Å². The second-order valence-electron chi connectivity index (χ2n) is 6.30. The van der Waals surface area contributed by atoms with Crippen molar-refractivity contribution in [2.45, 2.75) is 43.4 Å². The number of nitrogens with zero attached hydrogens (tertiary/aromatic N) is 1. The molecule has 3 unspecified atom stereocenters. The highest BCUT2D eigenvalue weighted by atomic mass is 16.5. The first-order valence-electron chi connectivity index (χ1n) is 8.06. The largest absolute Gasteiger partial charge is 0.384 e. The minimum atomic E-state index is -0.923. The van der Waals surface area contributed by atoms with Gasteiger partial charge in [-0.3, -0.25) is 4.90 Å². The Morgan fingerprint density at radius 3 is 2.86 bits per heavy atom. The van der Waals surface area contributed by atoms with Gasteiger partial charge in [0.1, 0.15) is 5.60 Å². The number of benzene rings is 1. The molecule has 0 spiro atoms. The molecule has 1 heterocycles. The van der Waals surface area contributed by atoms with E-state index in [2.05, 4.69) is 4.90 Å². The molecule has 1 aromatic carbocycles. The molecule has 0 aromatic heterocycles. The number of rotatable bonds is 5. The normalized spacial score (nSPS) is 29.0. The molecule has 2 aliphatic rings. The Bertz CT molecular complexity index is 453. The molecule has 0 amide bonds. The van der Waals surface area contributed by atoms with Crippen molar-refractivity contribution < 1.29 is 9.84 Å². The van der Waals surface area contributed by atoms with E-state index in [0.29, 0.717) is 18.6 Å². The van der Waals surface area contributed by atoms with Crippen LogP contribution in [0.15, 0.2) is 30.3 Å². The molecule has 1 saturated carbocycles. The summed E-state index contributed by atoms with van der Waals surface area (Å²) in [6, 6.07) is 10.3. The van der Waals surface area contributed by atoms with Gasteiger partial charge >= 0.3 is 0 Å². The lowest BCUT2D eigenvalue weighted by atomic mass is 9.90. The van der Waals surface area contributed by atoms with Gasteiger partial charge in [-0.2, -0.15) is 0 Å². The number of morpholine rings is 1. The van der Waals surface area contributed by atoms with Crippen LogP contribution in [-0.4, -0.2) is 48.4 Å². The lowest BCUT2D eigenvalue weighted by molar-refractivity contribution is -0.0655. The Hall–Kier alpha value is -0.940. The van der Waals surface area contributed by atoms with Crippen LogP contribution in [-0.2, 0) is 10.3 Å². The maximum absolute atomic E-state index is 10.9. The Kier molecular flexibility index (Phi) is 4.60. The average Bonchev–Trinajstić information content (AvgIpc) is 3.02. The summed E-state index contributed by atoms with van der Waals surface area (Å²) in [6.45, 7) is 2.92. The van der Waals surface area contributed by atoms with E-state index in [0.717, 1.165) is 25.3 Å². The SMILES string of the molecule is NCC(O)(CCN1CCOC2CCCC21)c1ccccc1. The monoisotopic (exact) mass is 290 g/mol. The van der Waals surface area contributed by atoms with E-state index in [1.807, 2.05) is 30.3 Å². The molecular weight excluding hydrogens is 264 g/mol. The van der Waals surface area contributed by atoms with E-state index in [1.54, 1.807) is 0 Å². The molecule has 1 aliphatic carbocycles. The van der Waals surface area contributed by atoms with Crippen LogP contribution in [0.5, 0.6) is 0 Å². The fourth-order valence-corrected chi connectivity index (χ4v) is 3.72. The first-order chi connectivity index (χ1) is 10.2. The molecule has 3 atom stereocenters. The molecule has 1 saturated heterocycles.